The molecule has 3 nitrogen and oxygen atoms in total. The Labute approximate surface area is 99.3 Å². The van der Waals surface area contributed by atoms with Crippen molar-refractivity contribution in [2.24, 2.45) is 0 Å². The topological polar surface area (TPSA) is 38.1 Å². The lowest BCUT2D eigenvalue weighted by Gasteiger charge is -2.02. The van der Waals surface area contributed by atoms with Gasteiger partial charge in [0, 0.05) is 23.9 Å². The molecule has 0 amide bonds. The van der Waals surface area contributed by atoms with Gasteiger partial charge < -0.3 is 9.73 Å². The van der Waals surface area contributed by atoms with Crippen LogP contribution in [0.15, 0.2) is 40.0 Å². The second kappa shape index (κ2) is 5.07. The van der Waals surface area contributed by atoms with Crippen molar-refractivity contribution in [3.63, 3.8) is 0 Å². The van der Waals surface area contributed by atoms with Gasteiger partial charge in [0.15, 0.2) is 0 Å². The minimum absolute atomic E-state index is 0.897. The molecule has 0 atom stereocenters. The molecule has 2 aromatic heterocycles. The first-order valence-electron chi connectivity index (χ1n) is 5.09. The summed E-state index contributed by atoms with van der Waals surface area (Å²) in [5.41, 5.74) is 1.21. The first-order chi connectivity index (χ1) is 7.79. The molecule has 0 aliphatic heterocycles. The summed E-state index contributed by atoms with van der Waals surface area (Å²) in [4.78, 5) is 5.46. The zero-order valence-corrected chi connectivity index (χ0v) is 10.2. The number of hydrogen-bond acceptors (Lipinski definition) is 4. The number of aryl methyl sites for hydroxylation is 1. The molecule has 0 unspecified atom stereocenters. The molecule has 16 heavy (non-hydrogen) atoms. The molecule has 0 fully saturated rings. The van der Waals surface area contributed by atoms with Gasteiger partial charge in [0.2, 0.25) is 0 Å². The molecule has 0 aromatic carbocycles. The van der Waals surface area contributed by atoms with E-state index in [2.05, 4.69) is 16.4 Å². The van der Waals surface area contributed by atoms with Gasteiger partial charge in [0.25, 0.3) is 0 Å². The number of aromatic nitrogens is 1. The molecule has 2 rings (SSSR count). The lowest BCUT2D eigenvalue weighted by Crippen LogP contribution is -1.92. The SMILES string of the molecule is CNc1ccc(CSc2ccoc2C)cn1. The number of furan rings is 1. The highest BCUT2D eigenvalue weighted by molar-refractivity contribution is 7.98. The number of pyridine rings is 1. The lowest BCUT2D eigenvalue weighted by molar-refractivity contribution is 0.527. The van der Waals surface area contributed by atoms with Gasteiger partial charge in [-0.25, -0.2) is 4.98 Å². The maximum Gasteiger partial charge on any atom is 0.125 e. The van der Waals surface area contributed by atoms with Crippen LogP contribution in [-0.4, -0.2) is 12.0 Å². The molecule has 1 N–H and O–H groups in total. The summed E-state index contributed by atoms with van der Waals surface area (Å²) in [6.45, 7) is 1.98. The maximum absolute atomic E-state index is 5.24. The van der Waals surface area contributed by atoms with Crippen LogP contribution >= 0.6 is 11.8 Å². The van der Waals surface area contributed by atoms with E-state index in [9.17, 15) is 0 Å². The van der Waals surface area contributed by atoms with E-state index in [0.29, 0.717) is 0 Å². The fourth-order valence-electron chi connectivity index (χ4n) is 1.34. The molecule has 0 spiro atoms. The van der Waals surface area contributed by atoms with Crippen molar-refractivity contribution in [1.82, 2.24) is 4.98 Å². The van der Waals surface area contributed by atoms with E-state index in [1.807, 2.05) is 32.3 Å². The van der Waals surface area contributed by atoms with Crippen LogP contribution in [-0.2, 0) is 5.75 Å². The standard InChI is InChI=1S/C12H14N2OS/c1-9-11(5-6-15-9)16-8-10-3-4-12(13-2)14-7-10/h3-7H,8H2,1-2H3,(H,13,14). The van der Waals surface area contributed by atoms with E-state index in [4.69, 9.17) is 4.42 Å². The van der Waals surface area contributed by atoms with Crippen LogP contribution < -0.4 is 5.32 Å². The Morgan fingerprint density at radius 1 is 1.38 bits per heavy atom. The van der Waals surface area contributed by atoms with Gasteiger partial charge in [-0.2, -0.15) is 0 Å². The largest absolute Gasteiger partial charge is 0.468 e. The van der Waals surface area contributed by atoms with Gasteiger partial charge in [-0.1, -0.05) is 6.07 Å². The van der Waals surface area contributed by atoms with E-state index in [-0.39, 0.29) is 0 Å². The maximum atomic E-state index is 5.24. The molecule has 0 aliphatic rings. The molecule has 0 saturated carbocycles. The Bertz CT molecular complexity index is 450. The zero-order chi connectivity index (χ0) is 11.4. The average Bonchev–Trinajstić information content (AvgIpc) is 2.73. The summed E-state index contributed by atoms with van der Waals surface area (Å²) in [5, 5.41) is 3.00. The highest BCUT2D eigenvalue weighted by Gasteiger charge is 2.02. The number of nitrogens with one attached hydrogen (secondary N) is 1. The van der Waals surface area contributed by atoms with Crippen LogP contribution in [0.4, 0.5) is 5.82 Å². The van der Waals surface area contributed by atoms with E-state index < -0.39 is 0 Å². The molecular weight excluding hydrogens is 220 g/mol. The third-order valence-electron chi connectivity index (χ3n) is 2.29. The highest BCUT2D eigenvalue weighted by Crippen LogP contribution is 2.26. The van der Waals surface area contributed by atoms with Gasteiger partial charge in [0.05, 0.1) is 6.26 Å². The van der Waals surface area contributed by atoms with Gasteiger partial charge in [-0.3, -0.25) is 0 Å². The molecule has 2 aromatic rings. The van der Waals surface area contributed by atoms with Crippen molar-refractivity contribution in [1.29, 1.82) is 0 Å². The van der Waals surface area contributed by atoms with Crippen LogP contribution in [0.3, 0.4) is 0 Å². The first-order valence-corrected chi connectivity index (χ1v) is 6.07. The Balaban J connectivity index is 1.97. The zero-order valence-electron chi connectivity index (χ0n) is 9.36. The fraction of sp³-hybridized carbons (Fsp3) is 0.250. The third-order valence-corrected chi connectivity index (χ3v) is 3.50. The normalized spacial score (nSPS) is 10.4. The Kier molecular flexibility index (Phi) is 3.51. The van der Waals surface area contributed by atoms with Crippen molar-refractivity contribution in [3.05, 3.63) is 42.0 Å². The highest BCUT2D eigenvalue weighted by atomic mass is 32.2. The van der Waals surface area contributed by atoms with E-state index >= 15 is 0 Å². The first kappa shape index (κ1) is 11.1. The molecule has 0 radical (unpaired) electrons. The second-order valence-corrected chi connectivity index (χ2v) is 4.45. The van der Waals surface area contributed by atoms with Gasteiger partial charge >= 0.3 is 0 Å². The van der Waals surface area contributed by atoms with Crippen LogP contribution in [0.2, 0.25) is 0 Å². The molecule has 84 valence electrons. The number of anilines is 1. The summed E-state index contributed by atoms with van der Waals surface area (Å²) in [5.74, 6) is 2.79. The number of thioether (sulfide) groups is 1. The average molecular weight is 234 g/mol. The summed E-state index contributed by atoms with van der Waals surface area (Å²) < 4.78 is 5.24. The van der Waals surface area contributed by atoms with Crippen LogP contribution in [0.1, 0.15) is 11.3 Å². The van der Waals surface area contributed by atoms with E-state index in [1.165, 1.54) is 10.5 Å². The van der Waals surface area contributed by atoms with Crippen molar-refractivity contribution in [2.45, 2.75) is 17.6 Å². The summed E-state index contributed by atoms with van der Waals surface area (Å²) >= 11 is 1.77. The summed E-state index contributed by atoms with van der Waals surface area (Å²) in [7, 11) is 1.87. The Morgan fingerprint density at radius 2 is 2.25 bits per heavy atom. The number of rotatable bonds is 4. The van der Waals surface area contributed by atoms with Crippen molar-refractivity contribution in [2.75, 3.05) is 12.4 Å². The lowest BCUT2D eigenvalue weighted by atomic mass is 10.3. The Hall–Kier alpha value is -1.42. The summed E-state index contributed by atoms with van der Waals surface area (Å²) in [6.07, 6.45) is 3.62. The predicted octanol–water partition coefficient (Wildman–Crippen LogP) is 3.32. The Morgan fingerprint density at radius 3 is 2.81 bits per heavy atom. The molecule has 2 heterocycles. The van der Waals surface area contributed by atoms with Gasteiger partial charge in [0.1, 0.15) is 11.6 Å². The van der Waals surface area contributed by atoms with E-state index in [1.54, 1.807) is 18.0 Å². The van der Waals surface area contributed by atoms with Crippen molar-refractivity contribution in [3.8, 4) is 0 Å². The van der Waals surface area contributed by atoms with Gasteiger partial charge in [-0.15, -0.1) is 11.8 Å². The number of hydrogen-bond donors (Lipinski definition) is 1. The fourth-order valence-corrected chi connectivity index (χ4v) is 2.24. The number of nitrogens with zero attached hydrogens (tertiary/aromatic N) is 1. The molecule has 0 saturated heterocycles. The third kappa shape index (κ3) is 2.58. The van der Waals surface area contributed by atoms with Crippen LogP contribution in [0.5, 0.6) is 0 Å². The monoisotopic (exact) mass is 234 g/mol. The minimum Gasteiger partial charge on any atom is -0.468 e. The smallest absolute Gasteiger partial charge is 0.125 e. The van der Waals surface area contributed by atoms with Crippen molar-refractivity contribution < 1.29 is 4.42 Å². The summed E-state index contributed by atoms with van der Waals surface area (Å²) in [6, 6.07) is 6.06. The molecule has 4 heteroatoms. The van der Waals surface area contributed by atoms with Crippen LogP contribution in [0, 0.1) is 6.92 Å². The minimum atomic E-state index is 0.897. The molecule has 0 bridgehead atoms. The van der Waals surface area contributed by atoms with E-state index in [0.717, 1.165) is 17.3 Å². The molecule has 0 aliphatic carbocycles. The van der Waals surface area contributed by atoms with Gasteiger partial charge in [-0.05, 0) is 24.6 Å². The van der Waals surface area contributed by atoms with Crippen LogP contribution in [0.25, 0.3) is 0 Å². The molecular formula is C12H14N2OS. The van der Waals surface area contributed by atoms with Crippen molar-refractivity contribution >= 4 is 17.6 Å². The quantitative estimate of drug-likeness (QED) is 0.824. The predicted molar refractivity (Wildman–Crippen MR) is 66.8 cm³/mol. The second-order valence-electron chi connectivity index (χ2n) is 3.43.